The highest BCUT2D eigenvalue weighted by Crippen LogP contribution is 2.36. The average Bonchev–Trinajstić information content (AvgIpc) is 2.71. The van der Waals surface area contributed by atoms with Crippen molar-refractivity contribution in [3.8, 4) is 10.6 Å². The van der Waals surface area contributed by atoms with Crippen LogP contribution < -0.4 is 0 Å². The molecule has 0 fully saturated rings. The van der Waals surface area contributed by atoms with Gasteiger partial charge >= 0.3 is 0 Å². The molecule has 1 heterocycles. The molecule has 0 saturated carbocycles. The number of rotatable bonds is 1. The number of hydrogen-bond donors (Lipinski definition) is 0. The summed E-state index contributed by atoms with van der Waals surface area (Å²) in [7, 11) is 0. The predicted molar refractivity (Wildman–Crippen MR) is 72.7 cm³/mol. The molecule has 0 radical (unpaired) electrons. The van der Waals surface area contributed by atoms with Gasteiger partial charge in [0.2, 0.25) is 0 Å². The minimum Gasteiger partial charge on any atom is -0.236 e. The Morgan fingerprint density at radius 3 is 2.72 bits per heavy atom. The normalized spacial score (nSPS) is 11.1. The van der Waals surface area contributed by atoms with Gasteiger partial charge in [-0.1, -0.05) is 6.07 Å². The molecule has 0 aliphatic heterocycles. The van der Waals surface area contributed by atoms with Crippen molar-refractivity contribution in [2.24, 2.45) is 0 Å². The smallest absolute Gasteiger partial charge is 0.134 e. The number of aromatic nitrogens is 1. The van der Waals surface area contributed by atoms with Gasteiger partial charge in [0.25, 0.3) is 0 Å². The van der Waals surface area contributed by atoms with Gasteiger partial charge in [0.1, 0.15) is 16.6 Å². The standard InChI is InChI=1S/C13H6BrF2NS/c14-8-2-1-3-9(16)12(8)13-17-10-5-4-7(15)6-11(10)18-13/h1-6H. The molecule has 0 spiro atoms. The van der Waals surface area contributed by atoms with Crippen molar-refractivity contribution in [3.63, 3.8) is 0 Å². The number of thiazole rings is 1. The first-order valence-corrected chi connectivity index (χ1v) is 6.76. The molecule has 0 bridgehead atoms. The van der Waals surface area contributed by atoms with Gasteiger partial charge in [-0.2, -0.15) is 0 Å². The lowest BCUT2D eigenvalue weighted by Crippen LogP contribution is -1.84. The molecule has 0 N–H and O–H groups in total. The molecule has 5 heteroatoms. The van der Waals surface area contributed by atoms with E-state index < -0.39 is 0 Å². The second-order valence-corrected chi connectivity index (χ2v) is 5.61. The van der Waals surface area contributed by atoms with E-state index in [1.165, 1.54) is 29.5 Å². The molecule has 2 aromatic carbocycles. The molecule has 0 aliphatic carbocycles. The van der Waals surface area contributed by atoms with Crippen LogP contribution in [-0.4, -0.2) is 4.98 Å². The molecule has 0 atom stereocenters. The minimum absolute atomic E-state index is 0.315. The molecule has 0 aliphatic rings. The van der Waals surface area contributed by atoms with Gasteiger partial charge < -0.3 is 0 Å². The number of benzene rings is 2. The molecule has 0 saturated heterocycles. The molecule has 1 aromatic heterocycles. The van der Waals surface area contributed by atoms with Crippen molar-refractivity contribution in [3.05, 3.63) is 52.5 Å². The summed E-state index contributed by atoms with van der Waals surface area (Å²) in [6.45, 7) is 0. The first kappa shape index (κ1) is 11.7. The van der Waals surface area contributed by atoms with Crippen LogP contribution in [0.4, 0.5) is 8.78 Å². The summed E-state index contributed by atoms with van der Waals surface area (Å²) in [6.07, 6.45) is 0. The average molecular weight is 326 g/mol. The Bertz CT molecular complexity index is 719. The van der Waals surface area contributed by atoms with Crippen molar-refractivity contribution >= 4 is 37.5 Å². The van der Waals surface area contributed by atoms with Crippen molar-refractivity contribution in [2.75, 3.05) is 0 Å². The third-order valence-corrected chi connectivity index (χ3v) is 4.22. The Morgan fingerprint density at radius 2 is 1.94 bits per heavy atom. The fraction of sp³-hybridized carbons (Fsp3) is 0. The molecule has 18 heavy (non-hydrogen) atoms. The van der Waals surface area contributed by atoms with Gasteiger partial charge in [0, 0.05) is 4.47 Å². The maximum absolute atomic E-state index is 13.8. The van der Waals surface area contributed by atoms with Gasteiger partial charge in [0.15, 0.2) is 0 Å². The van der Waals surface area contributed by atoms with Crippen LogP contribution in [0.3, 0.4) is 0 Å². The Labute approximate surface area is 114 Å². The molecule has 3 rings (SSSR count). The van der Waals surface area contributed by atoms with E-state index in [0.717, 1.165) is 0 Å². The van der Waals surface area contributed by atoms with Gasteiger partial charge in [-0.3, -0.25) is 0 Å². The quantitative estimate of drug-likeness (QED) is 0.613. The van der Waals surface area contributed by atoms with E-state index in [4.69, 9.17) is 0 Å². The number of halogens is 3. The second kappa shape index (κ2) is 4.40. The van der Waals surface area contributed by atoms with Gasteiger partial charge in [-0.05, 0) is 46.3 Å². The van der Waals surface area contributed by atoms with E-state index in [2.05, 4.69) is 20.9 Å². The molecule has 1 nitrogen and oxygen atoms in total. The summed E-state index contributed by atoms with van der Waals surface area (Å²) in [4.78, 5) is 4.33. The topological polar surface area (TPSA) is 12.9 Å². The largest absolute Gasteiger partial charge is 0.236 e. The zero-order chi connectivity index (χ0) is 12.7. The SMILES string of the molecule is Fc1ccc2nc(-c3c(F)cccc3Br)sc2c1. The third kappa shape index (κ3) is 1.93. The molecular weight excluding hydrogens is 320 g/mol. The van der Waals surface area contributed by atoms with Crippen LogP contribution in [0.2, 0.25) is 0 Å². The van der Waals surface area contributed by atoms with E-state index in [9.17, 15) is 8.78 Å². The lowest BCUT2D eigenvalue weighted by molar-refractivity contribution is 0.629. The van der Waals surface area contributed by atoms with E-state index in [-0.39, 0.29) is 11.6 Å². The Hall–Kier alpha value is -1.33. The molecule has 3 aromatic rings. The van der Waals surface area contributed by atoms with Crippen molar-refractivity contribution in [1.82, 2.24) is 4.98 Å². The lowest BCUT2D eigenvalue weighted by atomic mass is 10.2. The van der Waals surface area contributed by atoms with Crippen LogP contribution in [0.25, 0.3) is 20.8 Å². The van der Waals surface area contributed by atoms with E-state index in [1.807, 2.05) is 0 Å². The maximum Gasteiger partial charge on any atom is 0.134 e. The molecular formula is C13H6BrF2NS. The van der Waals surface area contributed by atoms with E-state index >= 15 is 0 Å². The zero-order valence-electron chi connectivity index (χ0n) is 8.95. The Kier molecular flexibility index (Phi) is 2.87. The summed E-state index contributed by atoms with van der Waals surface area (Å²) >= 11 is 4.58. The molecule has 0 unspecified atom stereocenters. The summed E-state index contributed by atoms with van der Waals surface area (Å²) in [5.74, 6) is -0.658. The van der Waals surface area contributed by atoms with Gasteiger partial charge in [-0.25, -0.2) is 13.8 Å². The van der Waals surface area contributed by atoms with Crippen LogP contribution >= 0.6 is 27.3 Å². The van der Waals surface area contributed by atoms with Crippen LogP contribution in [0.1, 0.15) is 0 Å². The van der Waals surface area contributed by atoms with Gasteiger partial charge in [-0.15, -0.1) is 11.3 Å². The van der Waals surface area contributed by atoms with Crippen molar-refractivity contribution < 1.29 is 8.78 Å². The summed E-state index contributed by atoms with van der Waals surface area (Å²) in [5.41, 5.74) is 1.09. The maximum atomic E-state index is 13.8. The Balaban J connectivity index is 2.26. The molecule has 90 valence electrons. The highest BCUT2D eigenvalue weighted by atomic mass is 79.9. The minimum atomic E-state index is -0.344. The van der Waals surface area contributed by atoms with Crippen LogP contribution in [0.15, 0.2) is 40.9 Å². The lowest BCUT2D eigenvalue weighted by Gasteiger charge is -2.01. The number of hydrogen-bond acceptors (Lipinski definition) is 2. The number of nitrogens with zero attached hydrogens (tertiary/aromatic N) is 1. The molecule has 0 amide bonds. The van der Waals surface area contributed by atoms with Crippen LogP contribution in [0, 0.1) is 11.6 Å². The summed E-state index contributed by atoms with van der Waals surface area (Å²) in [6, 6.07) is 9.11. The predicted octanol–water partition coefficient (Wildman–Crippen LogP) is 5.00. The van der Waals surface area contributed by atoms with Crippen molar-refractivity contribution in [2.45, 2.75) is 0 Å². The monoisotopic (exact) mass is 325 g/mol. The number of fused-ring (bicyclic) bond motifs is 1. The van der Waals surface area contributed by atoms with E-state index in [1.54, 1.807) is 18.2 Å². The summed E-state index contributed by atoms with van der Waals surface area (Å²) < 4.78 is 28.3. The van der Waals surface area contributed by atoms with Crippen LogP contribution in [-0.2, 0) is 0 Å². The van der Waals surface area contributed by atoms with Gasteiger partial charge in [0.05, 0.1) is 15.8 Å². The van der Waals surface area contributed by atoms with Crippen molar-refractivity contribution in [1.29, 1.82) is 0 Å². The van der Waals surface area contributed by atoms with E-state index in [0.29, 0.717) is 25.3 Å². The third-order valence-electron chi connectivity index (χ3n) is 2.53. The zero-order valence-corrected chi connectivity index (χ0v) is 11.4. The highest BCUT2D eigenvalue weighted by Gasteiger charge is 2.14. The summed E-state index contributed by atoms with van der Waals surface area (Å²) in [5, 5.41) is 0.542. The Morgan fingerprint density at radius 1 is 1.11 bits per heavy atom. The first-order chi connectivity index (χ1) is 8.65. The second-order valence-electron chi connectivity index (χ2n) is 3.73. The fourth-order valence-corrected chi connectivity index (χ4v) is 3.42. The highest BCUT2D eigenvalue weighted by molar-refractivity contribution is 9.10. The van der Waals surface area contributed by atoms with Crippen LogP contribution in [0.5, 0.6) is 0 Å². The fourth-order valence-electron chi connectivity index (χ4n) is 1.71. The first-order valence-electron chi connectivity index (χ1n) is 5.15.